The fourth-order valence-electron chi connectivity index (χ4n) is 5.22. The van der Waals surface area contributed by atoms with E-state index in [1.807, 2.05) is 0 Å². The van der Waals surface area contributed by atoms with Crippen molar-refractivity contribution in [3.63, 3.8) is 0 Å². The smallest absolute Gasteiger partial charge is 0.412 e. The molecule has 0 saturated heterocycles. The van der Waals surface area contributed by atoms with Crippen molar-refractivity contribution < 1.29 is 76.3 Å². The Balaban J connectivity index is 2.07. The number of esters is 4. The third-order valence-electron chi connectivity index (χ3n) is 8.36. The molecule has 3 aromatic carbocycles. The van der Waals surface area contributed by atoms with E-state index in [1.165, 1.54) is 64.1 Å². The molecule has 20 heteroatoms. The standard InChI is InChI=1S/C47H52N4O16/c1-28(2)40(52)60-22-18-48-44(56)64-33-14-16-35(37(26-33)66-46(58)50-20-24-62-42(54)30(5)6)39(32-12-10-9-11-13-32)36-17-15-34(65-45(57)49-19-23-61-41(53)29(3)4)27-38(36)67-47(59)51-21-25-63-43(55)31(7)8/h9-17,26-27,39H,1,3,5,7,18-25H2,2,4,6,8H3,(H,48,56)(H,49,57)(H,50,58)(H,51,59). The van der Waals surface area contributed by atoms with Crippen molar-refractivity contribution in [1.29, 1.82) is 0 Å². The molecule has 0 spiro atoms. The Morgan fingerprint density at radius 3 is 1.03 bits per heavy atom. The highest BCUT2D eigenvalue weighted by atomic mass is 16.6. The zero-order valence-corrected chi connectivity index (χ0v) is 37.4. The average Bonchev–Trinajstić information content (AvgIpc) is 3.28. The van der Waals surface area contributed by atoms with Gasteiger partial charge < -0.3 is 59.2 Å². The first-order valence-corrected chi connectivity index (χ1v) is 20.3. The lowest BCUT2D eigenvalue weighted by atomic mass is 9.84. The third-order valence-corrected chi connectivity index (χ3v) is 8.36. The molecule has 4 N–H and O–H groups in total. The summed E-state index contributed by atoms with van der Waals surface area (Å²) in [4.78, 5) is 99.4. The number of hydrogen-bond acceptors (Lipinski definition) is 16. The van der Waals surface area contributed by atoms with Crippen LogP contribution in [0.4, 0.5) is 19.2 Å². The van der Waals surface area contributed by atoms with Crippen LogP contribution in [0.5, 0.6) is 23.0 Å². The largest absolute Gasteiger partial charge is 0.460 e. The van der Waals surface area contributed by atoms with Crippen LogP contribution in [-0.2, 0) is 38.1 Å². The number of hydrogen-bond donors (Lipinski definition) is 4. The number of amides is 4. The predicted octanol–water partition coefficient (Wildman–Crippen LogP) is 5.70. The first-order chi connectivity index (χ1) is 31.9. The van der Waals surface area contributed by atoms with Crippen LogP contribution in [0.15, 0.2) is 115 Å². The van der Waals surface area contributed by atoms with Crippen molar-refractivity contribution >= 4 is 48.3 Å². The lowest BCUT2D eigenvalue weighted by Crippen LogP contribution is -2.32. The molecule has 67 heavy (non-hydrogen) atoms. The topological polar surface area (TPSA) is 259 Å². The lowest BCUT2D eigenvalue weighted by molar-refractivity contribution is -0.139. The zero-order chi connectivity index (χ0) is 49.5. The van der Waals surface area contributed by atoms with E-state index in [9.17, 15) is 38.4 Å². The molecule has 0 unspecified atom stereocenters. The van der Waals surface area contributed by atoms with Gasteiger partial charge in [0.15, 0.2) is 0 Å². The van der Waals surface area contributed by atoms with Gasteiger partial charge in [0.05, 0.1) is 26.2 Å². The molecule has 0 aliphatic carbocycles. The van der Waals surface area contributed by atoms with E-state index in [2.05, 4.69) is 47.6 Å². The van der Waals surface area contributed by atoms with Crippen LogP contribution >= 0.6 is 0 Å². The summed E-state index contributed by atoms with van der Waals surface area (Å²) in [6, 6.07) is 17.0. The number of carbonyl (C=O) groups is 8. The number of nitrogens with one attached hydrogen (secondary N) is 4. The molecule has 0 atom stereocenters. The van der Waals surface area contributed by atoms with Crippen molar-refractivity contribution in [2.45, 2.75) is 33.6 Å². The van der Waals surface area contributed by atoms with Crippen molar-refractivity contribution in [3.8, 4) is 23.0 Å². The second kappa shape index (κ2) is 27.0. The van der Waals surface area contributed by atoms with Crippen LogP contribution in [0.2, 0.25) is 0 Å². The third kappa shape index (κ3) is 18.7. The first kappa shape index (κ1) is 52.9. The highest BCUT2D eigenvalue weighted by Gasteiger charge is 2.28. The number of carbonyl (C=O) groups excluding carboxylic acids is 8. The van der Waals surface area contributed by atoms with E-state index in [0.717, 1.165) is 0 Å². The molecule has 356 valence electrons. The summed E-state index contributed by atoms with van der Waals surface area (Å²) in [6.07, 6.45) is -3.91. The Labute approximate surface area is 386 Å². The summed E-state index contributed by atoms with van der Waals surface area (Å²) in [5.74, 6) is -4.11. The van der Waals surface area contributed by atoms with Crippen LogP contribution < -0.4 is 40.2 Å². The van der Waals surface area contributed by atoms with Gasteiger partial charge in [0, 0.05) is 51.5 Å². The Bertz CT molecular complexity index is 2220. The van der Waals surface area contributed by atoms with Gasteiger partial charge in [-0.1, -0.05) is 68.8 Å². The van der Waals surface area contributed by atoms with Crippen molar-refractivity contribution in [1.82, 2.24) is 21.3 Å². The molecule has 20 nitrogen and oxygen atoms in total. The lowest BCUT2D eigenvalue weighted by Gasteiger charge is -2.24. The summed E-state index contributed by atoms with van der Waals surface area (Å²) in [5, 5.41) is 9.84. The molecular weight excluding hydrogens is 877 g/mol. The molecule has 0 radical (unpaired) electrons. The van der Waals surface area contributed by atoms with Crippen LogP contribution in [0, 0.1) is 0 Å². The van der Waals surface area contributed by atoms with Gasteiger partial charge in [-0.3, -0.25) is 0 Å². The maximum atomic E-state index is 13.3. The highest BCUT2D eigenvalue weighted by Crippen LogP contribution is 2.43. The summed E-state index contributed by atoms with van der Waals surface area (Å²) in [7, 11) is 0. The fraction of sp³-hybridized carbons (Fsp3) is 0.277. The fourth-order valence-corrected chi connectivity index (χ4v) is 5.22. The van der Waals surface area contributed by atoms with E-state index in [1.54, 1.807) is 30.3 Å². The maximum absolute atomic E-state index is 13.3. The first-order valence-electron chi connectivity index (χ1n) is 20.3. The van der Waals surface area contributed by atoms with Crippen molar-refractivity contribution in [2.24, 2.45) is 0 Å². The van der Waals surface area contributed by atoms with E-state index < -0.39 is 54.2 Å². The van der Waals surface area contributed by atoms with Gasteiger partial charge in [-0.15, -0.1) is 0 Å². The Hall–Kier alpha value is -8.42. The van der Waals surface area contributed by atoms with E-state index in [-0.39, 0.29) is 109 Å². The number of benzene rings is 3. The molecule has 3 rings (SSSR count). The number of rotatable bonds is 23. The van der Waals surface area contributed by atoms with Crippen LogP contribution in [0.25, 0.3) is 0 Å². The summed E-state index contributed by atoms with van der Waals surface area (Å²) in [5.41, 5.74) is 1.71. The molecule has 3 aromatic rings. The summed E-state index contributed by atoms with van der Waals surface area (Å²) >= 11 is 0. The van der Waals surface area contributed by atoms with E-state index in [4.69, 9.17) is 37.9 Å². The second-order valence-electron chi connectivity index (χ2n) is 14.2. The van der Waals surface area contributed by atoms with Crippen LogP contribution in [0.1, 0.15) is 50.3 Å². The zero-order valence-electron chi connectivity index (χ0n) is 37.4. The van der Waals surface area contributed by atoms with Gasteiger partial charge in [0.25, 0.3) is 0 Å². The Morgan fingerprint density at radius 1 is 0.433 bits per heavy atom. The van der Waals surface area contributed by atoms with Gasteiger partial charge in [-0.2, -0.15) is 0 Å². The Morgan fingerprint density at radius 2 is 0.731 bits per heavy atom. The van der Waals surface area contributed by atoms with Crippen molar-refractivity contribution in [3.05, 3.63) is 132 Å². The monoisotopic (exact) mass is 928 g/mol. The van der Waals surface area contributed by atoms with E-state index in [0.29, 0.717) is 5.56 Å². The minimum absolute atomic E-state index is 0.0995. The molecule has 0 heterocycles. The molecule has 0 bridgehead atoms. The van der Waals surface area contributed by atoms with Crippen molar-refractivity contribution in [2.75, 3.05) is 52.6 Å². The normalized spacial score (nSPS) is 10.2. The SMILES string of the molecule is C=C(C)C(=O)OCCNC(=O)Oc1ccc(C(c2ccccc2)c2ccc(OC(=O)NCCOC(=O)C(=C)C)cc2OC(=O)NCCOC(=O)C(=C)C)c(OC(=O)NCCOC(=O)C(=C)C)c1. The van der Waals surface area contributed by atoms with Gasteiger partial charge in [-0.25, -0.2) is 38.4 Å². The van der Waals surface area contributed by atoms with Crippen LogP contribution in [-0.4, -0.2) is 101 Å². The average molecular weight is 929 g/mol. The molecule has 0 saturated carbocycles. The summed E-state index contributed by atoms with van der Waals surface area (Å²) < 4.78 is 42.6. The molecule has 4 amide bonds. The summed E-state index contributed by atoms with van der Waals surface area (Å²) in [6.45, 7) is 18.5. The minimum atomic E-state index is -1.01. The quantitative estimate of drug-likeness (QED) is 0.0292. The molecule has 0 aliphatic heterocycles. The van der Waals surface area contributed by atoms with Gasteiger partial charge in [0.1, 0.15) is 49.4 Å². The van der Waals surface area contributed by atoms with Gasteiger partial charge in [-0.05, 0) is 45.4 Å². The van der Waals surface area contributed by atoms with Gasteiger partial charge in [0.2, 0.25) is 0 Å². The van der Waals surface area contributed by atoms with Gasteiger partial charge >= 0.3 is 48.3 Å². The highest BCUT2D eigenvalue weighted by molar-refractivity contribution is 5.88. The molecule has 0 fully saturated rings. The molecular formula is C47H52N4O16. The van der Waals surface area contributed by atoms with E-state index >= 15 is 0 Å². The Kier molecular flexibility index (Phi) is 21.4. The number of ether oxygens (including phenoxy) is 8. The molecule has 0 aromatic heterocycles. The van der Waals surface area contributed by atoms with Crippen LogP contribution in [0.3, 0.4) is 0 Å². The minimum Gasteiger partial charge on any atom is -0.460 e. The predicted molar refractivity (Wildman–Crippen MR) is 239 cm³/mol. The molecule has 0 aliphatic rings. The second-order valence-corrected chi connectivity index (χ2v) is 14.2. The maximum Gasteiger partial charge on any atom is 0.412 e.